The summed E-state index contributed by atoms with van der Waals surface area (Å²) in [6, 6.07) is 8.24. The van der Waals surface area contributed by atoms with Gasteiger partial charge in [0.25, 0.3) is 0 Å². The van der Waals surface area contributed by atoms with Crippen LogP contribution in [0.2, 0.25) is 0 Å². The number of rotatable bonds is 10. The summed E-state index contributed by atoms with van der Waals surface area (Å²) in [4.78, 5) is 0. The van der Waals surface area contributed by atoms with Crippen LogP contribution in [0.25, 0.3) is 0 Å². The van der Waals surface area contributed by atoms with Gasteiger partial charge in [-0.2, -0.15) is 0 Å². The van der Waals surface area contributed by atoms with Crippen molar-refractivity contribution in [2.24, 2.45) is 0 Å². The molecule has 1 aromatic rings. The van der Waals surface area contributed by atoms with Gasteiger partial charge in [-0.3, -0.25) is 0 Å². The molecule has 0 atom stereocenters. The summed E-state index contributed by atoms with van der Waals surface area (Å²) in [5, 5.41) is 6.69. The first-order valence-electron chi connectivity index (χ1n) is 6.88. The molecular formula is C15H26N2O2. The van der Waals surface area contributed by atoms with Crippen molar-refractivity contribution in [3.63, 3.8) is 0 Å². The van der Waals surface area contributed by atoms with Crippen LogP contribution in [-0.4, -0.2) is 39.5 Å². The molecule has 0 aliphatic rings. The summed E-state index contributed by atoms with van der Waals surface area (Å²) in [5.41, 5.74) is 1.27. The zero-order chi connectivity index (χ0) is 13.9. The summed E-state index contributed by atoms with van der Waals surface area (Å²) in [7, 11) is 1.71. The highest BCUT2D eigenvalue weighted by atomic mass is 16.5. The van der Waals surface area contributed by atoms with E-state index in [-0.39, 0.29) is 6.10 Å². The van der Waals surface area contributed by atoms with E-state index in [2.05, 4.69) is 22.8 Å². The molecule has 0 bridgehead atoms. The van der Waals surface area contributed by atoms with Crippen molar-refractivity contribution in [2.75, 3.05) is 33.4 Å². The van der Waals surface area contributed by atoms with Crippen LogP contribution < -0.4 is 15.4 Å². The lowest BCUT2D eigenvalue weighted by Crippen LogP contribution is -2.29. The maximum atomic E-state index is 5.61. The average molecular weight is 266 g/mol. The van der Waals surface area contributed by atoms with Gasteiger partial charge < -0.3 is 20.1 Å². The number of ether oxygens (including phenoxy) is 2. The van der Waals surface area contributed by atoms with Crippen molar-refractivity contribution >= 4 is 0 Å². The molecule has 19 heavy (non-hydrogen) atoms. The summed E-state index contributed by atoms with van der Waals surface area (Å²) in [6.07, 6.45) is 0.224. The topological polar surface area (TPSA) is 42.5 Å². The summed E-state index contributed by atoms with van der Waals surface area (Å²) in [6.45, 7) is 8.52. The predicted molar refractivity (Wildman–Crippen MR) is 78.7 cm³/mol. The first-order chi connectivity index (χ1) is 9.22. The van der Waals surface area contributed by atoms with E-state index >= 15 is 0 Å². The Balaban J connectivity index is 2.12. The van der Waals surface area contributed by atoms with E-state index in [1.54, 1.807) is 7.11 Å². The molecule has 0 fully saturated rings. The van der Waals surface area contributed by atoms with E-state index in [1.807, 2.05) is 26.0 Å². The molecule has 0 saturated heterocycles. The number of methoxy groups -OCH3 is 1. The second-order valence-electron chi connectivity index (χ2n) is 4.73. The lowest BCUT2D eigenvalue weighted by molar-refractivity contribution is 0.199. The molecule has 1 aromatic carbocycles. The first kappa shape index (κ1) is 16.0. The van der Waals surface area contributed by atoms with Crippen LogP contribution in [0.5, 0.6) is 5.75 Å². The van der Waals surface area contributed by atoms with E-state index < -0.39 is 0 Å². The van der Waals surface area contributed by atoms with Crippen molar-refractivity contribution in [3.05, 3.63) is 29.8 Å². The van der Waals surface area contributed by atoms with Gasteiger partial charge in [-0.1, -0.05) is 12.1 Å². The van der Waals surface area contributed by atoms with Crippen molar-refractivity contribution in [1.29, 1.82) is 0 Å². The molecular weight excluding hydrogens is 240 g/mol. The van der Waals surface area contributed by atoms with Crippen molar-refractivity contribution in [2.45, 2.75) is 26.5 Å². The van der Waals surface area contributed by atoms with Crippen LogP contribution in [0.3, 0.4) is 0 Å². The predicted octanol–water partition coefficient (Wildman–Crippen LogP) is 1.80. The van der Waals surface area contributed by atoms with E-state index in [4.69, 9.17) is 9.47 Å². The summed E-state index contributed by atoms with van der Waals surface area (Å²) in [5.74, 6) is 0.931. The smallest absolute Gasteiger partial charge is 0.119 e. The highest BCUT2D eigenvalue weighted by molar-refractivity contribution is 5.27. The van der Waals surface area contributed by atoms with Crippen molar-refractivity contribution in [1.82, 2.24) is 10.6 Å². The largest absolute Gasteiger partial charge is 0.491 e. The quantitative estimate of drug-likeness (QED) is 0.634. The Labute approximate surface area is 116 Å². The van der Waals surface area contributed by atoms with Crippen molar-refractivity contribution in [3.8, 4) is 5.75 Å². The zero-order valence-corrected chi connectivity index (χ0v) is 12.2. The van der Waals surface area contributed by atoms with Crippen molar-refractivity contribution < 1.29 is 9.47 Å². The van der Waals surface area contributed by atoms with Crippen LogP contribution in [0.4, 0.5) is 0 Å². The van der Waals surface area contributed by atoms with Crippen LogP contribution in [0, 0.1) is 0 Å². The molecule has 4 heteroatoms. The van der Waals surface area contributed by atoms with Gasteiger partial charge in [0.2, 0.25) is 0 Å². The van der Waals surface area contributed by atoms with E-state index in [0.717, 1.165) is 38.5 Å². The van der Waals surface area contributed by atoms with Gasteiger partial charge in [0.1, 0.15) is 5.75 Å². The third-order valence-corrected chi connectivity index (χ3v) is 2.59. The second kappa shape index (κ2) is 9.78. The van der Waals surface area contributed by atoms with Gasteiger partial charge in [-0.25, -0.2) is 0 Å². The monoisotopic (exact) mass is 266 g/mol. The van der Waals surface area contributed by atoms with Gasteiger partial charge in [0, 0.05) is 33.3 Å². The number of hydrogen-bond acceptors (Lipinski definition) is 4. The molecule has 0 aliphatic heterocycles. The minimum Gasteiger partial charge on any atom is -0.491 e. The maximum Gasteiger partial charge on any atom is 0.119 e. The zero-order valence-electron chi connectivity index (χ0n) is 12.2. The molecule has 2 N–H and O–H groups in total. The Morgan fingerprint density at radius 1 is 1.00 bits per heavy atom. The van der Waals surface area contributed by atoms with Gasteiger partial charge in [-0.05, 0) is 31.5 Å². The lowest BCUT2D eigenvalue weighted by atomic mass is 10.2. The molecule has 0 aromatic heterocycles. The molecule has 108 valence electrons. The third kappa shape index (κ3) is 7.82. The third-order valence-electron chi connectivity index (χ3n) is 2.59. The minimum atomic E-state index is 0.224. The molecule has 0 unspecified atom stereocenters. The molecule has 0 aliphatic carbocycles. The molecule has 1 rings (SSSR count). The summed E-state index contributed by atoms with van der Waals surface area (Å²) < 4.78 is 10.6. The van der Waals surface area contributed by atoms with E-state index in [1.165, 1.54) is 5.56 Å². The Morgan fingerprint density at radius 3 is 2.32 bits per heavy atom. The molecule has 4 nitrogen and oxygen atoms in total. The fourth-order valence-corrected chi connectivity index (χ4v) is 1.67. The normalized spacial score (nSPS) is 10.9. The molecule has 0 radical (unpaired) electrons. The van der Waals surface area contributed by atoms with E-state index in [9.17, 15) is 0 Å². The Hall–Kier alpha value is -1.10. The molecule has 0 saturated carbocycles. The van der Waals surface area contributed by atoms with Gasteiger partial charge >= 0.3 is 0 Å². The van der Waals surface area contributed by atoms with Crippen LogP contribution >= 0.6 is 0 Å². The number of benzene rings is 1. The molecule has 0 spiro atoms. The maximum absolute atomic E-state index is 5.61. The standard InChI is InChI=1S/C15H26N2O2/c1-13(2)19-15-6-4-14(5-7-15)12-17-9-8-16-10-11-18-3/h4-7,13,16-17H,8-12H2,1-3H3. The second-order valence-corrected chi connectivity index (χ2v) is 4.73. The molecule has 0 amide bonds. The minimum absolute atomic E-state index is 0.224. The average Bonchev–Trinajstić information content (AvgIpc) is 2.39. The van der Waals surface area contributed by atoms with E-state index in [0.29, 0.717) is 0 Å². The SMILES string of the molecule is COCCNCCNCc1ccc(OC(C)C)cc1. The number of hydrogen-bond donors (Lipinski definition) is 2. The fourth-order valence-electron chi connectivity index (χ4n) is 1.67. The van der Waals surface area contributed by atoms with Gasteiger partial charge in [-0.15, -0.1) is 0 Å². The highest BCUT2D eigenvalue weighted by Gasteiger charge is 1.98. The Bertz CT molecular complexity index is 325. The Morgan fingerprint density at radius 2 is 1.68 bits per heavy atom. The lowest BCUT2D eigenvalue weighted by Gasteiger charge is -2.10. The van der Waals surface area contributed by atoms with Crippen LogP contribution in [0.15, 0.2) is 24.3 Å². The molecule has 0 heterocycles. The summed E-state index contributed by atoms with van der Waals surface area (Å²) >= 11 is 0. The fraction of sp³-hybridized carbons (Fsp3) is 0.600. The van der Waals surface area contributed by atoms with Gasteiger partial charge in [0.05, 0.1) is 12.7 Å². The van der Waals surface area contributed by atoms with Crippen LogP contribution in [-0.2, 0) is 11.3 Å². The van der Waals surface area contributed by atoms with Gasteiger partial charge in [0.15, 0.2) is 0 Å². The Kier molecular flexibility index (Phi) is 8.21. The first-order valence-corrected chi connectivity index (χ1v) is 6.88. The highest BCUT2D eigenvalue weighted by Crippen LogP contribution is 2.13. The number of nitrogens with one attached hydrogen (secondary N) is 2. The van der Waals surface area contributed by atoms with Crippen LogP contribution in [0.1, 0.15) is 19.4 Å².